The molecule has 7 nitrogen and oxygen atoms in total. The first-order valence-corrected chi connectivity index (χ1v) is 10.2. The molecule has 5 rings (SSSR count). The number of nitrogens with zero attached hydrogens (tertiary/aromatic N) is 4. The summed E-state index contributed by atoms with van der Waals surface area (Å²) in [4.78, 5) is 16.4. The molecule has 4 aromatic rings. The zero-order valence-electron chi connectivity index (χ0n) is 17.0. The summed E-state index contributed by atoms with van der Waals surface area (Å²) >= 11 is 6.48. The number of aromatic nitrogens is 4. The minimum atomic E-state index is -0.439. The van der Waals surface area contributed by atoms with Gasteiger partial charge in [-0.05, 0) is 43.9 Å². The smallest absolute Gasteiger partial charge is 0.339 e. The van der Waals surface area contributed by atoms with Crippen molar-refractivity contribution in [2.75, 3.05) is 14.2 Å². The summed E-state index contributed by atoms with van der Waals surface area (Å²) in [5, 5.41) is 6.35. The highest BCUT2D eigenvalue weighted by Crippen LogP contribution is 2.39. The molecule has 0 unspecified atom stereocenters. The van der Waals surface area contributed by atoms with Gasteiger partial charge in [0.1, 0.15) is 17.0 Å². The van der Waals surface area contributed by atoms with Crippen LogP contribution in [0.5, 0.6) is 5.75 Å². The standard InChI is InChI=1S/C22H21ClN4O3/c1-12-18(25-27-11-15(22(28)30-3)9-17(29-2)19(12)27)16-8-14-6-7-24-21(23)20(14)26(16)10-13-4-5-13/h6-9,11,13H,4-5,10H2,1-3H3. The molecule has 1 aliphatic rings. The van der Waals surface area contributed by atoms with Gasteiger partial charge in [0.2, 0.25) is 0 Å². The van der Waals surface area contributed by atoms with Gasteiger partial charge in [0.05, 0.1) is 31.0 Å². The first-order valence-electron chi connectivity index (χ1n) is 9.81. The molecule has 1 aliphatic carbocycles. The number of ether oxygens (including phenoxy) is 2. The van der Waals surface area contributed by atoms with Gasteiger partial charge in [0.15, 0.2) is 5.15 Å². The number of halogens is 1. The molecule has 4 aromatic heterocycles. The number of fused-ring (bicyclic) bond motifs is 2. The van der Waals surface area contributed by atoms with Gasteiger partial charge in [0, 0.05) is 29.9 Å². The van der Waals surface area contributed by atoms with Gasteiger partial charge in [-0.1, -0.05) is 11.6 Å². The first-order chi connectivity index (χ1) is 14.5. The minimum absolute atomic E-state index is 0.377. The molecule has 0 N–H and O–H groups in total. The number of hydrogen-bond donors (Lipinski definition) is 0. The van der Waals surface area contributed by atoms with E-state index in [1.165, 1.54) is 20.0 Å². The van der Waals surface area contributed by atoms with Crippen molar-refractivity contribution in [2.24, 2.45) is 5.92 Å². The third-order valence-corrected chi connectivity index (χ3v) is 5.99. The second kappa shape index (κ2) is 7.02. The Kier molecular flexibility index (Phi) is 4.43. The van der Waals surface area contributed by atoms with E-state index in [0.717, 1.165) is 39.9 Å². The van der Waals surface area contributed by atoms with Gasteiger partial charge in [-0.25, -0.2) is 14.3 Å². The van der Waals surface area contributed by atoms with Crippen LogP contribution in [0, 0.1) is 12.8 Å². The molecule has 4 heterocycles. The molecule has 0 bridgehead atoms. The predicted octanol–water partition coefficient (Wildman–Crippen LogP) is 4.52. The van der Waals surface area contributed by atoms with Crippen LogP contribution >= 0.6 is 11.6 Å². The van der Waals surface area contributed by atoms with Gasteiger partial charge in [-0.15, -0.1) is 0 Å². The lowest BCUT2D eigenvalue weighted by Gasteiger charge is -2.10. The van der Waals surface area contributed by atoms with E-state index >= 15 is 0 Å². The van der Waals surface area contributed by atoms with Gasteiger partial charge >= 0.3 is 5.97 Å². The Hall–Kier alpha value is -3.06. The molecule has 1 saturated carbocycles. The van der Waals surface area contributed by atoms with E-state index in [1.807, 2.05) is 13.0 Å². The average Bonchev–Trinajstić information content (AvgIpc) is 3.41. The van der Waals surface area contributed by atoms with Gasteiger partial charge in [-0.3, -0.25) is 0 Å². The van der Waals surface area contributed by atoms with E-state index in [1.54, 1.807) is 30.1 Å². The normalized spacial score (nSPS) is 13.9. The molecule has 1 fully saturated rings. The first kappa shape index (κ1) is 18.9. The third kappa shape index (κ3) is 2.92. The number of aryl methyl sites for hydroxylation is 1. The number of hydrogen-bond acceptors (Lipinski definition) is 5. The van der Waals surface area contributed by atoms with Crippen LogP contribution in [0.25, 0.3) is 27.8 Å². The van der Waals surface area contributed by atoms with Crippen LogP contribution in [0.1, 0.15) is 28.8 Å². The summed E-state index contributed by atoms with van der Waals surface area (Å²) in [5.41, 5.74) is 4.89. The zero-order valence-corrected chi connectivity index (χ0v) is 17.7. The van der Waals surface area contributed by atoms with Crippen molar-refractivity contribution in [1.29, 1.82) is 0 Å². The molecule has 30 heavy (non-hydrogen) atoms. The summed E-state index contributed by atoms with van der Waals surface area (Å²) in [6.45, 7) is 2.89. The van der Waals surface area contributed by atoms with Crippen molar-refractivity contribution in [3.8, 4) is 17.1 Å². The molecule has 0 radical (unpaired) electrons. The molecule has 0 saturated heterocycles. The number of carbonyl (C=O) groups excluding carboxylic acids is 1. The number of methoxy groups -OCH3 is 2. The van der Waals surface area contributed by atoms with Crippen molar-refractivity contribution in [3.05, 3.63) is 46.9 Å². The Morgan fingerprint density at radius 2 is 2.07 bits per heavy atom. The van der Waals surface area contributed by atoms with E-state index in [2.05, 4.69) is 15.6 Å². The van der Waals surface area contributed by atoms with Gasteiger partial charge in [-0.2, -0.15) is 5.10 Å². The quantitative estimate of drug-likeness (QED) is 0.348. The summed E-state index contributed by atoms with van der Waals surface area (Å²) in [6.07, 6.45) is 5.83. The highest BCUT2D eigenvalue weighted by molar-refractivity contribution is 6.34. The fraction of sp³-hybridized carbons (Fsp3) is 0.318. The second-order valence-corrected chi connectivity index (χ2v) is 8.04. The summed E-state index contributed by atoms with van der Waals surface area (Å²) < 4.78 is 14.4. The lowest BCUT2D eigenvalue weighted by atomic mass is 10.1. The Labute approximate surface area is 178 Å². The molecule has 0 amide bonds. The Balaban J connectivity index is 1.77. The summed E-state index contributed by atoms with van der Waals surface area (Å²) in [6, 6.07) is 5.75. The van der Waals surface area contributed by atoms with Crippen LogP contribution in [-0.4, -0.2) is 39.4 Å². The Bertz CT molecular complexity index is 1300. The molecular weight excluding hydrogens is 404 g/mol. The maximum Gasteiger partial charge on any atom is 0.339 e. The van der Waals surface area contributed by atoms with Crippen LogP contribution < -0.4 is 4.74 Å². The van der Waals surface area contributed by atoms with Crippen molar-refractivity contribution in [3.63, 3.8) is 0 Å². The van der Waals surface area contributed by atoms with Crippen molar-refractivity contribution < 1.29 is 14.3 Å². The van der Waals surface area contributed by atoms with E-state index < -0.39 is 5.97 Å². The molecule has 0 aromatic carbocycles. The maximum absolute atomic E-state index is 12.1. The van der Waals surface area contributed by atoms with Crippen LogP contribution in [0.4, 0.5) is 0 Å². The van der Waals surface area contributed by atoms with Crippen LogP contribution in [0.2, 0.25) is 5.15 Å². The van der Waals surface area contributed by atoms with E-state index in [9.17, 15) is 4.79 Å². The number of esters is 1. The van der Waals surface area contributed by atoms with Crippen LogP contribution in [0.15, 0.2) is 30.6 Å². The maximum atomic E-state index is 12.1. The van der Waals surface area contributed by atoms with Crippen molar-refractivity contribution >= 4 is 34.0 Å². The summed E-state index contributed by atoms with van der Waals surface area (Å²) in [5.74, 6) is 0.776. The molecule has 0 atom stereocenters. The number of rotatable bonds is 5. The van der Waals surface area contributed by atoms with Crippen molar-refractivity contribution in [1.82, 2.24) is 19.2 Å². The van der Waals surface area contributed by atoms with Crippen molar-refractivity contribution in [2.45, 2.75) is 26.3 Å². The second-order valence-electron chi connectivity index (χ2n) is 7.68. The largest absolute Gasteiger partial charge is 0.494 e. The molecular formula is C22H21ClN4O3. The predicted molar refractivity (Wildman–Crippen MR) is 114 cm³/mol. The highest BCUT2D eigenvalue weighted by atomic mass is 35.5. The minimum Gasteiger partial charge on any atom is -0.494 e. The molecule has 0 aliphatic heterocycles. The fourth-order valence-electron chi connectivity index (χ4n) is 4.03. The number of carbonyl (C=O) groups is 1. The average molecular weight is 425 g/mol. The highest BCUT2D eigenvalue weighted by Gasteiger charge is 2.27. The number of pyridine rings is 2. The molecule has 154 valence electrons. The van der Waals surface area contributed by atoms with E-state index in [-0.39, 0.29) is 0 Å². The lowest BCUT2D eigenvalue weighted by molar-refractivity contribution is 0.0599. The molecule has 0 spiro atoms. The monoisotopic (exact) mass is 424 g/mol. The fourth-order valence-corrected chi connectivity index (χ4v) is 4.30. The molecule has 8 heteroatoms. The lowest BCUT2D eigenvalue weighted by Crippen LogP contribution is -2.05. The van der Waals surface area contributed by atoms with Gasteiger partial charge in [0.25, 0.3) is 0 Å². The zero-order chi connectivity index (χ0) is 21.0. The van der Waals surface area contributed by atoms with Crippen LogP contribution in [-0.2, 0) is 11.3 Å². The Morgan fingerprint density at radius 1 is 1.27 bits per heavy atom. The third-order valence-electron chi connectivity index (χ3n) is 5.71. The topological polar surface area (TPSA) is 70.7 Å². The van der Waals surface area contributed by atoms with Crippen LogP contribution in [0.3, 0.4) is 0 Å². The summed E-state index contributed by atoms with van der Waals surface area (Å²) in [7, 11) is 2.94. The SMILES string of the molecule is COC(=O)c1cc(OC)c2c(C)c(-c3cc4ccnc(Cl)c4n3CC3CC3)nn2c1. The van der Waals surface area contributed by atoms with E-state index in [0.29, 0.717) is 22.4 Å². The van der Waals surface area contributed by atoms with Gasteiger partial charge < -0.3 is 14.0 Å². The van der Waals surface area contributed by atoms with E-state index in [4.69, 9.17) is 26.2 Å². The Morgan fingerprint density at radius 3 is 2.77 bits per heavy atom.